The molecule has 22 heavy (non-hydrogen) atoms. The molecule has 0 aromatic carbocycles. The van der Waals surface area contributed by atoms with Gasteiger partial charge >= 0.3 is 0 Å². The van der Waals surface area contributed by atoms with Gasteiger partial charge < -0.3 is 9.90 Å². The second-order valence-corrected chi connectivity index (χ2v) is 6.76. The second kappa shape index (κ2) is 4.15. The molecule has 114 valence electrons. The van der Waals surface area contributed by atoms with Crippen LogP contribution in [0.5, 0.6) is 0 Å². The van der Waals surface area contributed by atoms with Crippen LogP contribution in [0.15, 0.2) is 6.07 Å². The van der Waals surface area contributed by atoms with Gasteiger partial charge in [-0.25, -0.2) is 14.6 Å². The van der Waals surface area contributed by atoms with Crippen LogP contribution in [0.4, 0.5) is 0 Å². The van der Waals surface area contributed by atoms with Gasteiger partial charge in [-0.05, 0) is 45.1 Å². The lowest BCUT2D eigenvalue weighted by atomic mass is 9.85. The first-order valence-corrected chi connectivity index (χ1v) is 7.56. The number of rotatable bonds is 2. The first kappa shape index (κ1) is 13.4. The average Bonchev–Trinajstić information content (AvgIpc) is 3.05. The molecular weight excluding hydrogens is 280 g/mol. The van der Waals surface area contributed by atoms with Gasteiger partial charge in [0.15, 0.2) is 0 Å². The first-order chi connectivity index (χ1) is 10.4. The molecule has 0 radical (unpaired) electrons. The van der Waals surface area contributed by atoms with Gasteiger partial charge in [-0.3, -0.25) is 0 Å². The molecule has 0 saturated heterocycles. The van der Waals surface area contributed by atoms with E-state index in [9.17, 15) is 9.90 Å². The molecule has 0 N–H and O–H groups in total. The minimum atomic E-state index is -1.21. The number of hydrogen-bond donors (Lipinski definition) is 0. The summed E-state index contributed by atoms with van der Waals surface area (Å²) < 4.78 is 1.64. The first-order valence-electron chi connectivity index (χ1n) is 7.56. The van der Waals surface area contributed by atoms with Crippen LogP contribution in [0.1, 0.15) is 65.2 Å². The molecule has 6 nitrogen and oxygen atoms in total. The van der Waals surface area contributed by atoms with E-state index in [0.29, 0.717) is 5.95 Å². The lowest BCUT2D eigenvalue weighted by Crippen LogP contribution is -2.24. The van der Waals surface area contributed by atoms with Gasteiger partial charge in [0, 0.05) is 22.4 Å². The van der Waals surface area contributed by atoms with Gasteiger partial charge in [0.05, 0.1) is 11.7 Å². The SMILES string of the molecule is Cc1cc(C)nc(-n2nc(C(=O)[O-])c3c2[C@@]2(C)CC[C@@H]3C2)n1. The number of aryl methyl sites for hydroxylation is 2. The number of aromatic carboxylic acids is 1. The Morgan fingerprint density at radius 3 is 2.68 bits per heavy atom. The maximum absolute atomic E-state index is 11.5. The number of fused-ring (bicyclic) bond motifs is 5. The third-order valence-corrected chi connectivity index (χ3v) is 5.00. The van der Waals surface area contributed by atoms with E-state index >= 15 is 0 Å². The largest absolute Gasteiger partial charge is 0.543 e. The summed E-state index contributed by atoms with van der Waals surface area (Å²) >= 11 is 0. The van der Waals surface area contributed by atoms with Crippen molar-refractivity contribution < 1.29 is 9.90 Å². The lowest BCUT2D eigenvalue weighted by molar-refractivity contribution is -0.255. The molecule has 2 aliphatic carbocycles. The van der Waals surface area contributed by atoms with Gasteiger partial charge in [-0.1, -0.05) is 6.92 Å². The van der Waals surface area contributed by atoms with Crippen molar-refractivity contribution in [3.63, 3.8) is 0 Å². The normalized spacial score (nSPS) is 25.5. The fourth-order valence-electron chi connectivity index (χ4n) is 4.20. The van der Waals surface area contributed by atoms with Gasteiger partial charge in [-0.15, -0.1) is 0 Å². The van der Waals surface area contributed by atoms with Crippen LogP contribution in [-0.2, 0) is 5.41 Å². The minimum Gasteiger partial charge on any atom is -0.543 e. The fraction of sp³-hybridized carbons (Fsp3) is 0.500. The molecular formula is C16H17N4O2-. The van der Waals surface area contributed by atoms with E-state index in [2.05, 4.69) is 22.0 Å². The molecule has 0 aliphatic heterocycles. The zero-order valence-electron chi connectivity index (χ0n) is 12.9. The maximum atomic E-state index is 11.5. The average molecular weight is 297 g/mol. The molecule has 1 saturated carbocycles. The summed E-state index contributed by atoms with van der Waals surface area (Å²) in [4.78, 5) is 20.4. The summed E-state index contributed by atoms with van der Waals surface area (Å²) in [5, 5.41) is 15.8. The molecule has 0 spiro atoms. The summed E-state index contributed by atoms with van der Waals surface area (Å²) in [6.45, 7) is 5.98. The van der Waals surface area contributed by atoms with Crippen LogP contribution in [0.2, 0.25) is 0 Å². The molecule has 2 aromatic rings. The standard InChI is InChI=1S/C16H18N4O2/c1-8-6-9(2)18-15(17-8)20-13-11(12(19-20)14(21)22)10-4-5-16(13,3)7-10/h6,10H,4-5,7H2,1-3H3,(H,21,22)/p-1/t10-,16+/m1/s1. The molecule has 1 fully saturated rings. The van der Waals surface area contributed by atoms with E-state index in [4.69, 9.17) is 0 Å². The van der Waals surface area contributed by atoms with Gasteiger partial charge in [0.1, 0.15) is 5.69 Å². The van der Waals surface area contributed by atoms with Crippen LogP contribution >= 0.6 is 0 Å². The molecule has 2 aliphatic rings. The van der Waals surface area contributed by atoms with Gasteiger partial charge in [-0.2, -0.15) is 5.10 Å². The van der Waals surface area contributed by atoms with Crippen LogP contribution in [0.3, 0.4) is 0 Å². The summed E-state index contributed by atoms with van der Waals surface area (Å²) in [6.07, 6.45) is 3.04. The van der Waals surface area contributed by atoms with E-state index < -0.39 is 5.97 Å². The Hall–Kier alpha value is -2.24. The Balaban J connectivity index is 2.01. The van der Waals surface area contributed by atoms with Crippen molar-refractivity contribution in [1.82, 2.24) is 19.7 Å². The van der Waals surface area contributed by atoms with Crippen molar-refractivity contribution in [2.45, 2.75) is 51.4 Å². The molecule has 2 bridgehead atoms. The number of aromatic nitrogens is 4. The zero-order chi connectivity index (χ0) is 15.6. The van der Waals surface area contributed by atoms with E-state index in [1.165, 1.54) is 0 Å². The molecule has 0 amide bonds. The molecule has 2 atom stereocenters. The van der Waals surface area contributed by atoms with E-state index in [0.717, 1.165) is 41.9 Å². The van der Waals surface area contributed by atoms with E-state index in [1.54, 1.807) is 4.68 Å². The van der Waals surface area contributed by atoms with Gasteiger partial charge in [0.25, 0.3) is 5.95 Å². The van der Waals surface area contributed by atoms with E-state index in [1.807, 2.05) is 19.9 Å². The number of carboxylic acid groups (broad SMARTS) is 1. The molecule has 0 unspecified atom stereocenters. The predicted molar refractivity (Wildman–Crippen MR) is 76.9 cm³/mol. The highest BCUT2D eigenvalue weighted by Gasteiger charge is 2.51. The van der Waals surface area contributed by atoms with Crippen molar-refractivity contribution in [2.24, 2.45) is 0 Å². The number of nitrogens with zero attached hydrogens (tertiary/aromatic N) is 4. The highest BCUT2D eigenvalue weighted by Crippen LogP contribution is 2.58. The van der Waals surface area contributed by atoms with Crippen molar-refractivity contribution in [3.8, 4) is 5.95 Å². The van der Waals surface area contributed by atoms with Gasteiger partial charge in [0.2, 0.25) is 0 Å². The molecule has 2 heterocycles. The number of carboxylic acids is 1. The zero-order valence-corrected chi connectivity index (χ0v) is 12.9. The fourth-order valence-corrected chi connectivity index (χ4v) is 4.20. The second-order valence-electron chi connectivity index (χ2n) is 6.76. The molecule has 2 aromatic heterocycles. The Morgan fingerprint density at radius 2 is 2.05 bits per heavy atom. The van der Waals surface area contributed by atoms with Crippen LogP contribution in [0, 0.1) is 13.8 Å². The predicted octanol–water partition coefficient (Wildman–Crippen LogP) is 1.18. The summed E-state index contributed by atoms with van der Waals surface area (Å²) in [5.74, 6) is -0.488. The lowest BCUT2D eigenvalue weighted by Gasteiger charge is -2.23. The van der Waals surface area contributed by atoms with Crippen molar-refractivity contribution >= 4 is 5.97 Å². The Labute approximate surface area is 128 Å². The molecule has 4 rings (SSSR count). The topological polar surface area (TPSA) is 83.7 Å². The van der Waals surface area contributed by atoms with E-state index in [-0.39, 0.29) is 17.0 Å². The monoisotopic (exact) mass is 297 g/mol. The van der Waals surface area contributed by atoms with Crippen LogP contribution < -0.4 is 5.11 Å². The third-order valence-electron chi connectivity index (χ3n) is 5.00. The number of carbonyl (C=O) groups is 1. The van der Waals surface area contributed by atoms with Crippen molar-refractivity contribution in [3.05, 3.63) is 34.4 Å². The quantitative estimate of drug-likeness (QED) is 0.831. The summed E-state index contributed by atoms with van der Waals surface area (Å²) in [6, 6.07) is 1.89. The van der Waals surface area contributed by atoms with Crippen LogP contribution in [0.25, 0.3) is 5.95 Å². The van der Waals surface area contributed by atoms with Crippen LogP contribution in [-0.4, -0.2) is 25.7 Å². The number of hydrogen-bond acceptors (Lipinski definition) is 5. The Morgan fingerprint density at radius 1 is 1.36 bits per heavy atom. The Bertz CT molecular complexity index is 790. The maximum Gasteiger partial charge on any atom is 0.251 e. The van der Waals surface area contributed by atoms with Crippen molar-refractivity contribution in [2.75, 3.05) is 0 Å². The summed E-state index contributed by atoms with van der Waals surface area (Å²) in [5.41, 5.74) is 3.52. The Kier molecular flexibility index (Phi) is 2.53. The smallest absolute Gasteiger partial charge is 0.251 e. The van der Waals surface area contributed by atoms with Crippen molar-refractivity contribution in [1.29, 1.82) is 0 Å². The minimum absolute atomic E-state index is 0.0400. The number of carbonyl (C=O) groups excluding carboxylic acids is 1. The highest BCUT2D eigenvalue weighted by molar-refractivity contribution is 5.86. The summed E-state index contributed by atoms with van der Waals surface area (Å²) in [7, 11) is 0. The highest BCUT2D eigenvalue weighted by atomic mass is 16.4. The third kappa shape index (κ3) is 1.66. The molecule has 6 heteroatoms.